The molecule has 1 aliphatic rings. The highest BCUT2D eigenvalue weighted by atomic mass is 35.5. The number of aryl methyl sites for hydroxylation is 1. The van der Waals surface area contributed by atoms with E-state index in [4.69, 9.17) is 11.6 Å². The summed E-state index contributed by atoms with van der Waals surface area (Å²) in [6, 6.07) is 6.18. The quantitative estimate of drug-likeness (QED) is 0.623. The highest BCUT2D eigenvalue weighted by Gasteiger charge is 2.18. The first-order valence-corrected chi connectivity index (χ1v) is 7.49. The Bertz CT molecular complexity index is 842. The molecule has 3 rings (SSSR count). The maximum atomic E-state index is 14.1. The fraction of sp³-hybridized carbons (Fsp3) is 0.125. The van der Waals surface area contributed by atoms with Gasteiger partial charge in [-0.25, -0.2) is 9.18 Å². The van der Waals surface area contributed by atoms with Gasteiger partial charge in [0, 0.05) is 17.8 Å². The number of rotatable bonds is 2. The van der Waals surface area contributed by atoms with Crippen molar-refractivity contribution < 1.29 is 19.1 Å². The highest BCUT2D eigenvalue weighted by Crippen LogP contribution is 2.29. The summed E-state index contributed by atoms with van der Waals surface area (Å²) in [5.74, 6) is -0.926. The van der Waals surface area contributed by atoms with E-state index in [9.17, 15) is 19.1 Å². The molecule has 0 atom stereocenters. The lowest BCUT2D eigenvalue weighted by Crippen LogP contribution is -2.22. The molecule has 0 bridgehead atoms. The van der Waals surface area contributed by atoms with Gasteiger partial charge in [0.2, 0.25) is 5.91 Å². The molecule has 4 N–H and O–H groups in total. The molecule has 124 valence electrons. The molecular formula is C16H13ClFN3O3. The molecule has 1 aliphatic heterocycles. The second-order valence-electron chi connectivity index (χ2n) is 5.28. The van der Waals surface area contributed by atoms with Crippen LogP contribution in [-0.4, -0.2) is 17.0 Å². The average Bonchev–Trinajstić information content (AvgIpc) is 2.52. The Morgan fingerprint density at radius 1 is 1.21 bits per heavy atom. The second kappa shape index (κ2) is 6.37. The maximum Gasteiger partial charge on any atom is 0.323 e. The number of amides is 3. The molecule has 24 heavy (non-hydrogen) atoms. The number of carbonyl (C=O) groups excluding carboxylic acids is 2. The lowest BCUT2D eigenvalue weighted by atomic mass is 10.0. The molecule has 0 aliphatic carbocycles. The number of carbonyl (C=O) groups is 2. The second-order valence-corrected chi connectivity index (χ2v) is 5.69. The fourth-order valence-corrected chi connectivity index (χ4v) is 2.55. The van der Waals surface area contributed by atoms with Gasteiger partial charge in [-0.05, 0) is 42.3 Å². The van der Waals surface area contributed by atoms with Gasteiger partial charge in [-0.1, -0.05) is 11.6 Å². The monoisotopic (exact) mass is 349 g/mol. The third-order valence-corrected chi connectivity index (χ3v) is 3.84. The van der Waals surface area contributed by atoms with Crippen LogP contribution in [0.15, 0.2) is 30.3 Å². The van der Waals surface area contributed by atoms with Crippen molar-refractivity contribution in [3.8, 4) is 5.75 Å². The van der Waals surface area contributed by atoms with E-state index in [-0.39, 0.29) is 22.4 Å². The molecule has 2 aromatic rings. The lowest BCUT2D eigenvalue weighted by Gasteiger charge is -2.18. The standard InChI is InChI=1S/C16H13ClFN3O3/c17-10-6-9(2-3-14(10)22)19-16(24)21-13-5-8-1-4-15(23)20-12(8)7-11(13)18/h2-3,5-7,22H,1,4H2,(H,20,23)(H2,19,21,24). The molecule has 0 unspecified atom stereocenters. The molecule has 1 heterocycles. The summed E-state index contributed by atoms with van der Waals surface area (Å²) in [5, 5.41) is 16.9. The smallest absolute Gasteiger partial charge is 0.323 e. The van der Waals surface area contributed by atoms with Crippen molar-refractivity contribution in [1.82, 2.24) is 0 Å². The minimum absolute atomic E-state index is 0.00674. The largest absolute Gasteiger partial charge is 0.506 e. The van der Waals surface area contributed by atoms with Gasteiger partial charge in [0.1, 0.15) is 11.6 Å². The summed E-state index contributed by atoms with van der Waals surface area (Å²) < 4.78 is 14.1. The van der Waals surface area contributed by atoms with Crippen molar-refractivity contribution in [1.29, 1.82) is 0 Å². The van der Waals surface area contributed by atoms with Crippen LogP contribution in [0, 0.1) is 5.82 Å². The van der Waals surface area contributed by atoms with Gasteiger partial charge in [-0.3, -0.25) is 4.79 Å². The third-order valence-electron chi connectivity index (χ3n) is 3.54. The van der Waals surface area contributed by atoms with Crippen LogP contribution in [-0.2, 0) is 11.2 Å². The van der Waals surface area contributed by atoms with Crippen LogP contribution in [0.1, 0.15) is 12.0 Å². The summed E-state index contributed by atoms with van der Waals surface area (Å²) in [5.41, 5.74) is 1.52. The van der Waals surface area contributed by atoms with Gasteiger partial charge >= 0.3 is 6.03 Å². The molecule has 8 heteroatoms. The number of nitrogens with one attached hydrogen (secondary N) is 3. The summed E-state index contributed by atoms with van der Waals surface area (Å²) in [6.07, 6.45) is 0.793. The Balaban J connectivity index is 1.74. The fourth-order valence-electron chi connectivity index (χ4n) is 2.37. The maximum absolute atomic E-state index is 14.1. The van der Waals surface area contributed by atoms with E-state index in [0.29, 0.717) is 24.2 Å². The van der Waals surface area contributed by atoms with Crippen molar-refractivity contribution >= 4 is 40.6 Å². The van der Waals surface area contributed by atoms with Gasteiger partial charge in [0.25, 0.3) is 0 Å². The zero-order chi connectivity index (χ0) is 17.3. The van der Waals surface area contributed by atoms with Crippen molar-refractivity contribution in [3.05, 3.63) is 46.7 Å². The van der Waals surface area contributed by atoms with Gasteiger partial charge in [0.05, 0.1) is 10.7 Å². The topological polar surface area (TPSA) is 90.5 Å². The first-order chi connectivity index (χ1) is 11.4. The van der Waals surface area contributed by atoms with E-state index in [1.165, 1.54) is 30.3 Å². The minimum Gasteiger partial charge on any atom is -0.506 e. The Morgan fingerprint density at radius 3 is 2.75 bits per heavy atom. The van der Waals surface area contributed by atoms with E-state index in [2.05, 4.69) is 16.0 Å². The minimum atomic E-state index is -0.658. The van der Waals surface area contributed by atoms with Crippen LogP contribution in [0.4, 0.5) is 26.2 Å². The number of hydrogen-bond donors (Lipinski definition) is 4. The van der Waals surface area contributed by atoms with E-state index in [1.54, 1.807) is 0 Å². The molecule has 0 spiro atoms. The number of hydrogen-bond acceptors (Lipinski definition) is 3. The van der Waals surface area contributed by atoms with Crippen LogP contribution < -0.4 is 16.0 Å². The van der Waals surface area contributed by atoms with Gasteiger partial charge in [-0.2, -0.15) is 0 Å². The first-order valence-electron chi connectivity index (χ1n) is 7.11. The number of urea groups is 1. The summed E-state index contributed by atoms with van der Waals surface area (Å²) in [6.45, 7) is 0. The Morgan fingerprint density at radius 2 is 2.00 bits per heavy atom. The summed E-state index contributed by atoms with van der Waals surface area (Å²) in [4.78, 5) is 23.3. The SMILES string of the molecule is O=C1CCc2cc(NC(=O)Nc3ccc(O)c(Cl)c3)c(F)cc2N1. The van der Waals surface area contributed by atoms with Gasteiger partial charge in [-0.15, -0.1) is 0 Å². The molecule has 2 aromatic carbocycles. The van der Waals surface area contributed by atoms with Crippen LogP contribution in [0.3, 0.4) is 0 Å². The number of aromatic hydroxyl groups is 1. The summed E-state index contributed by atoms with van der Waals surface area (Å²) >= 11 is 5.76. The average molecular weight is 350 g/mol. The van der Waals surface area contributed by atoms with Crippen LogP contribution in [0.25, 0.3) is 0 Å². The lowest BCUT2D eigenvalue weighted by molar-refractivity contribution is -0.116. The number of halogens is 2. The molecule has 3 amide bonds. The van der Waals surface area contributed by atoms with E-state index >= 15 is 0 Å². The molecule has 0 fully saturated rings. The predicted molar refractivity (Wildman–Crippen MR) is 89.1 cm³/mol. The normalized spacial score (nSPS) is 13.0. The summed E-state index contributed by atoms with van der Waals surface area (Å²) in [7, 11) is 0. The predicted octanol–water partition coefficient (Wildman–Crippen LogP) is 3.71. The van der Waals surface area contributed by atoms with E-state index < -0.39 is 11.8 Å². The van der Waals surface area contributed by atoms with E-state index in [0.717, 1.165) is 5.56 Å². The van der Waals surface area contributed by atoms with Crippen molar-refractivity contribution in [2.75, 3.05) is 16.0 Å². The van der Waals surface area contributed by atoms with Crippen molar-refractivity contribution in [2.45, 2.75) is 12.8 Å². The number of phenols is 1. The van der Waals surface area contributed by atoms with E-state index in [1.807, 2.05) is 0 Å². The zero-order valence-electron chi connectivity index (χ0n) is 12.3. The number of anilines is 3. The molecule has 0 radical (unpaired) electrons. The Hall–Kier alpha value is -2.80. The van der Waals surface area contributed by atoms with Crippen molar-refractivity contribution in [3.63, 3.8) is 0 Å². The molecule has 6 nitrogen and oxygen atoms in total. The van der Waals surface area contributed by atoms with Gasteiger partial charge < -0.3 is 21.1 Å². The van der Waals surface area contributed by atoms with Crippen LogP contribution >= 0.6 is 11.6 Å². The number of benzene rings is 2. The van der Waals surface area contributed by atoms with Crippen LogP contribution in [0.5, 0.6) is 5.75 Å². The molecule has 0 saturated carbocycles. The molecule has 0 saturated heterocycles. The highest BCUT2D eigenvalue weighted by molar-refractivity contribution is 6.32. The molecular weight excluding hydrogens is 337 g/mol. The zero-order valence-corrected chi connectivity index (χ0v) is 13.1. The first kappa shape index (κ1) is 16.1. The van der Waals surface area contributed by atoms with Gasteiger partial charge in [0.15, 0.2) is 0 Å². The number of phenolic OH excluding ortho intramolecular Hbond substituents is 1. The van der Waals surface area contributed by atoms with Crippen LogP contribution in [0.2, 0.25) is 5.02 Å². The Kier molecular flexibility index (Phi) is 4.26. The van der Waals surface area contributed by atoms with Crippen molar-refractivity contribution in [2.24, 2.45) is 0 Å². The third kappa shape index (κ3) is 3.41. The molecule has 0 aromatic heterocycles. The Labute approximate surface area is 141 Å². The number of fused-ring (bicyclic) bond motifs is 1.